The number of hydrogen-bond acceptors (Lipinski definition) is 3. The number of halogens is 1. The molecular formula is C21H25FN4O2. The smallest absolute Gasteiger partial charge is 0.319 e. The van der Waals surface area contributed by atoms with Gasteiger partial charge in [0.1, 0.15) is 5.82 Å². The molecule has 1 aliphatic rings. The lowest BCUT2D eigenvalue weighted by atomic mass is 10.1. The van der Waals surface area contributed by atoms with Crippen molar-refractivity contribution in [1.29, 1.82) is 0 Å². The van der Waals surface area contributed by atoms with Crippen LogP contribution in [0, 0.1) is 18.7 Å². The van der Waals surface area contributed by atoms with Gasteiger partial charge in [-0.05, 0) is 49.6 Å². The summed E-state index contributed by atoms with van der Waals surface area (Å²) in [5.41, 5.74) is 2.69. The van der Waals surface area contributed by atoms with Gasteiger partial charge in [-0.15, -0.1) is 0 Å². The molecule has 1 aliphatic heterocycles. The molecule has 3 amide bonds. The summed E-state index contributed by atoms with van der Waals surface area (Å²) >= 11 is 0. The number of rotatable bonds is 5. The molecule has 7 heteroatoms. The molecule has 0 radical (unpaired) electrons. The molecule has 0 aliphatic carbocycles. The van der Waals surface area contributed by atoms with Crippen LogP contribution in [-0.4, -0.2) is 38.6 Å². The van der Waals surface area contributed by atoms with Gasteiger partial charge in [0.15, 0.2) is 0 Å². The molecule has 0 saturated carbocycles. The van der Waals surface area contributed by atoms with Crippen LogP contribution in [0.25, 0.3) is 0 Å². The van der Waals surface area contributed by atoms with Gasteiger partial charge in [-0.3, -0.25) is 4.79 Å². The fourth-order valence-electron chi connectivity index (χ4n) is 3.31. The van der Waals surface area contributed by atoms with E-state index in [0.717, 1.165) is 25.6 Å². The number of amides is 3. The van der Waals surface area contributed by atoms with Gasteiger partial charge < -0.3 is 20.9 Å². The summed E-state index contributed by atoms with van der Waals surface area (Å²) in [4.78, 5) is 26.1. The molecule has 148 valence electrons. The summed E-state index contributed by atoms with van der Waals surface area (Å²) in [6.07, 6.45) is 1.01. The van der Waals surface area contributed by atoms with Gasteiger partial charge in [-0.1, -0.05) is 17.7 Å². The average molecular weight is 384 g/mol. The predicted octanol–water partition coefficient (Wildman–Crippen LogP) is 3.14. The molecule has 3 rings (SSSR count). The van der Waals surface area contributed by atoms with Crippen LogP contribution in [0.5, 0.6) is 0 Å². The van der Waals surface area contributed by atoms with Crippen LogP contribution in [-0.2, 0) is 0 Å². The monoisotopic (exact) mass is 384 g/mol. The molecular weight excluding hydrogens is 359 g/mol. The first-order valence-corrected chi connectivity index (χ1v) is 9.34. The minimum absolute atomic E-state index is 0.107. The van der Waals surface area contributed by atoms with E-state index in [1.807, 2.05) is 0 Å². The van der Waals surface area contributed by atoms with E-state index in [0.29, 0.717) is 18.2 Å². The molecule has 28 heavy (non-hydrogen) atoms. The summed E-state index contributed by atoms with van der Waals surface area (Å²) < 4.78 is 13.7. The van der Waals surface area contributed by atoms with Gasteiger partial charge in [0.2, 0.25) is 0 Å². The third-order valence-corrected chi connectivity index (χ3v) is 4.93. The number of aryl methyl sites for hydroxylation is 1. The van der Waals surface area contributed by atoms with Crippen molar-refractivity contribution in [3.05, 3.63) is 59.4 Å². The maximum atomic E-state index is 13.7. The Morgan fingerprint density at radius 3 is 2.64 bits per heavy atom. The zero-order valence-corrected chi connectivity index (χ0v) is 16.1. The Morgan fingerprint density at radius 2 is 1.93 bits per heavy atom. The summed E-state index contributed by atoms with van der Waals surface area (Å²) in [6, 6.07) is 12.0. The Labute approximate surface area is 164 Å². The number of anilines is 2. The number of carbonyl (C=O) groups excluding carboxylic acids is 2. The zero-order valence-electron chi connectivity index (χ0n) is 16.1. The lowest BCUT2D eigenvalue weighted by Crippen LogP contribution is -2.34. The van der Waals surface area contributed by atoms with E-state index in [1.165, 1.54) is 30.4 Å². The van der Waals surface area contributed by atoms with Crippen molar-refractivity contribution in [2.75, 3.05) is 36.9 Å². The first kappa shape index (κ1) is 19.7. The van der Waals surface area contributed by atoms with Crippen LogP contribution in [0.2, 0.25) is 0 Å². The summed E-state index contributed by atoms with van der Waals surface area (Å²) in [7, 11) is 1.43. The summed E-state index contributed by atoms with van der Waals surface area (Å²) in [5, 5.41) is 7.89. The largest absolute Gasteiger partial charge is 0.371 e. The van der Waals surface area contributed by atoms with Crippen LogP contribution in [0.4, 0.5) is 20.6 Å². The van der Waals surface area contributed by atoms with E-state index >= 15 is 0 Å². The summed E-state index contributed by atoms with van der Waals surface area (Å²) in [6.45, 7) is 4.47. The van der Waals surface area contributed by atoms with E-state index in [4.69, 9.17) is 0 Å². The van der Waals surface area contributed by atoms with Crippen molar-refractivity contribution < 1.29 is 14.0 Å². The van der Waals surface area contributed by atoms with Gasteiger partial charge in [0.25, 0.3) is 5.91 Å². The third-order valence-electron chi connectivity index (χ3n) is 4.93. The molecule has 0 bridgehead atoms. The molecule has 0 aromatic heterocycles. The van der Waals surface area contributed by atoms with Crippen molar-refractivity contribution in [1.82, 2.24) is 10.6 Å². The quantitative estimate of drug-likeness (QED) is 0.742. The van der Waals surface area contributed by atoms with Crippen molar-refractivity contribution in [2.24, 2.45) is 5.92 Å². The lowest BCUT2D eigenvalue weighted by molar-refractivity contribution is 0.0959. The van der Waals surface area contributed by atoms with E-state index in [1.54, 1.807) is 0 Å². The Kier molecular flexibility index (Phi) is 6.13. The molecule has 0 unspecified atom stereocenters. The van der Waals surface area contributed by atoms with Crippen molar-refractivity contribution >= 4 is 23.3 Å². The number of urea groups is 1. The number of hydrogen-bond donors (Lipinski definition) is 3. The second-order valence-electron chi connectivity index (χ2n) is 7.05. The van der Waals surface area contributed by atoms with Crippen LogP contribution in [0.15, 0.2) is 42.5 Å². The highest BCUT2D eigenvalue weighted by Gasteiger charge is 2.23. The molecule has 6 nitrogen and oxygen atoms in total. The van der Waals surface area contributed by atoms with E-state index in [-0.39, 0.29) is 11.6 Å². The third kappa shape index (κ3) is 4.79. The normalized spacial score (nSPS) is 16.0. The lowest BCUT2D eigenvalue weighted by Gasteiger charge is -2.19. The fourth-order valence-corrected chi connectivity index (χ4v) is 3.31. The molecule has 2 aromatic carbocycles. The second-order valence-corrected chi connectivity index (χ2v) is 7.05. The van der Waals surface area contributed by atoms with Crippen LogP contribution >= 0.6 is 0 Å². The van der Waals surface area contributed by atoms with Crippen LogP contribution in [0.1, 0.15) is 22.3 Å². The molecule has 1 saturated heterocycles. The number of carbonyl (C=O) groups is 2. The fraction of sp³-hybridized carbons (Fsp3) is 0.333. The molecule has 1 heterocycles. The van der Waals surface area contributed by atoms with Gasteiger partial charge in [-0.25, -0.2) is 9.18 Å². The van der Waals surface area contributed by atoms with Gasteiger partial charge in [0, 0.05) is 38.1 Å². The molecule has 3 N–H and O–H groups in total. The number of benzene rings is 2. The van der Waals surface area contributed by atoms with Crippen molar-refractivity contribution in [2.45, 2.75) is 13.3 Å². The minimum atomic E-state index is -0.632. The summed E-state index contributed by atoms with van der Waals surface area (Å²) in [5.74, 6) is -0.808. The van der Waals surface area contributed by atoms with Gasteiger partial charge in [0.05, 0.1) is 5.56 Å². The topological polar surface area (TPSA) is 73.5 Å². The maximum Gasteiger partial charge on any atom is 0.319 e. The minimum Gasteiger partial charge on any atom is -0.371 e. The highest BCUT2D eigenvalue weighted by Crippen LogP contribution is 2.23. The Morgan fingerprint density at radius 1 is 1.18 bits per heavy atom. The molecule has 0 spiro atoms. The maximum absolute atomic E-state index is 13.7. The second kappa shape index (κ2) is 8.73. The predicted molar refractivity (Wildman–Crippen MR) is 108 cm³/mol. The Bertz CT molecular complexity index is 854. The van der Waals surface area contributed by atoms with Crippen molar-refractivity contribution in [3.63, 3.8) is 0 Å². The molecule has 2 aromatic rings. The highest BCUT2D eigenvalue weighted by atomic mass is 19.1. The van der Waals surface area contributed by atoms with Gasteiger partial charge in [-0.2, -0.15) is 0 Å². The first-order chi connectivity index (χ1) is 13.5. The SMILES string of the molecule is CNC(=O)c1cc(NC(=O)NC[C@H]2CCN(c3ccc(C)cc3)C2)ccc1F. The van der Waals surface area contributed by atoms with Gasteiger partial charge >= 0.3 is 6.03 Å². The number of nitrogens with zero attached hydrogens (tertiary/aromatic N) is 1. The number of nitrogens with one attached hydrogen (secondary N) is 3. The van der Waals surface area contributed by atoms with Crippen LogP contribution in [0.3, 0.4) is 0 Å². The Balaban J connectivity index is 1.50. The average Bonchev–Trinajstić information content (AvgIpc) is 3.17. The Hall–Kier alpha value is -3.09. The van der Waals surface area contributed by atoms with E-state index < -0.39 is 11.7 Å². The van der Waals surface area contributed by atoms with Crippen LogP contribution < -0.4 is 20.9 Å². The van der Waals surface area contributed by atoms with E-state index in [2.05, 4.69) is 52.0 Å². The first-order valence-electron chi connectivity index (χ1n) is 9.34. The van der Waals surface area contributed by atoms with Crippen molar-refractivity contribution in [3.8, 4) is 0 Å². The molecule has 1 fully saturated rings. The molecule has 1 atom stereocenters. The van der Waals surface area contributed by atoms with E-state index in [9.17, 15) is 14.0 Å². The standard InChI is InChI=1S/C21H25FN4O2/c1-14-3-6-17(7-4-14)26-10-9-15(13-26)12-24-21(28)25-16-5-8-19(22)18(11-16)20(27)23-2/h3-8,11,15H,9-10,12-13H2,1-2H3,(H,23,27)(H2,24,25,28)/t15-/m1/s1. The highest BCUT2D eigenvalue weighted by molar-refractivity contribution is 5.97. The zero-order chi connectivity index (χ0) is 20.1.